The van der Waals surface area contributed by atoms with Crippen molar-refractivity contribution in [2.45, 2.75) is 30.8 Å². The summed E-state index contributed by atoms with van der Waals surface area (Å²) >= 11 is 1.50. The standard InChI is InChI=1S/C21H21N3O2S/c1-4-26-18-9-5-16(6-10-18)20(25)24-17-7-11-19(12-8-17)27-21-22-14(2)13-15(3)23-21/h5-13H,4H2,1-3H3,(H,24,25). The molecular weight excluding hydrogens is 358 g/mol. The lowest BCUT2D eigenvalue weighted by Gasteiger charge is -2.08. The molecule has 138 valence electrons. The number of rotatable bonds is 6. The summed E-state index contributed by atoms with van der Waals surface area (Å²) in [5.41, 5.74) is 3.22. The Bertz CT molecular complexity index is 905. The van der Waals surface area contributed by atoms with E-state index in [9.17, 15) is 4.79 Å². The number of nitrogens with one attached hydrogen (secondary N) is 1. The molecule has 1 aromatic heterocycles. The Hall–Kier alpha value is -2.86. The molecule has 0 saturated heterocycles. The molecule has 0 aliphatic rings. The Kier molecular flexibility index (Phi) is 6.08. The van der Waals surface area contributed by atoms with Crippen LogP contribution in [0.2, 0.25) is 0 Å². The fourth-order valence-electron chi connectivity index (χ4n) is 2.52. The van der Waals surface area contributed by atoms with Gasteiger partial charge < -0.3 is 10.1 Å². The van der Waals surface area contributed by atoms with Gasteiger partial charge in [0.1, 0.15) is 5.75 Å². The number of aromatic nitrogens is 2. The molecule has 0 unspecified atom stereocenters. The second kappa shape index (κ2) is 8.68. The molecule has 0 aliphatic carbocycles. The molecule has 0 aliphatic heterocycles. The summed E-state index contributed by atoms with van der Waals surface area (Å²) in [5.74, 6) is 0.597. The molecule has 1 N–H and O–H groups in total. The van der Waals surface area contributed by atoms with E-state index in [1.807, 2.05) is 51.1 Å². The van der Waals surface area contributed by atoms with Gasteiger partial charge in [0.05, 0.1) is 6.61 Å². The number of benzene rings is 2. The van der Waals surface area contributed by atoms with E-state index in [1.165, 1.54) is 11.8 Å². The molecule has 0 saturated carbocycles. The van der Waals surface area contributed by atoms with Crippen molar-refractivity contribution >= 4 is 23.4 Å². The summed E-state index contributed by atoms with van der Waals surface area (Å²) in [6, 6.07) is 16.7. The van der Waals surface area contributed by atoms with Crippen molar-refractivity contribution in [3.8, 4) is 5.75 Å². The zero-order valence-electron chi connectivity index (χ0n) is 15.5. The largest absolute Gasteiger partial charge is 0.494 e. The van der Waals surface area contributed by atoms with Gasteiger partial charge in [-0.2, -0.15) is 0 Å². The van der Waals surface area contributed by atoms with E-state index in [0.29, 0.717) is 12.2 Å². The normalized spacial score (nSPS) is 10.5. The maximum Gasteiger partial charge on any atom is 0.255 e. The first-order valence-corrected chi connectivity index (χ1v) is 9.49. The fraction of sp³-hybridized carbons (Fsp3) is 0.190. The number of hydrogen-bond donors (Lipinski definition) is 1. The second-order valence-electron chi connectivity index (χ2n) is 5.97. The van der Waals surface area contributed by atoms with E-state index >= 15 is 0 Å². The number of amides is 1. The molecule has 0 fully saturated rings. The SMILES string of the molecule is CCOc1ccc(C(=O)Nc2ccc(Sc3nc(C)cc(C)n3)cc2)cc1. The summed E-state index contributed by atoms with van der Waals surface area (Å²) in [5, 5.41) is 3.62. The average Bonchev–Trinajstić information content (AvgIpc) is 2.63. The molecule has 0 spiro atoms. The van der Waals surface area contributed by atoms with Gasteiger partial charge in [0.25, 0.3) is 5.91 Å². The number of aryl methyl sites for hydroxylation is 2. The summed E-state index contributed by atoms with van der Waals surface area (Å²) in [6.45, 7) is 6.44. The number of carbonyl (C=O) groups excluding carboxylic acids is 1. The summed E-state index contributed by atoms with van der Waals surface area (Å²) in [7, 11) is 0. The minimum absolute atomic E-state index is 0.156. The van der Waals surface area contributed by atoms with Crippen molar-refractivity contribution in [2.24, 2.45) is 0 Å². The van der Waals surface area contributed by atoms with Crippen molar-refractivity contribution in [1.82, 2.24) is 9.97 Å². The quantitative estimate of drug-likeness (QED) is 0.618. The number of carbonyl (C=O) groups is 1. The van der Waals surface area contributed by atoms with Gasteiger partial charge >= 0.3 is 0 Å². The van der Waals surface area contributed by atoms with Crippen molar-refractivity contribution in [1.29, 1.82) is 0 Å². The molecule has 1 amide bonds. The number of hydrogen-bond acceptors (Lipinski definition) is 5. The lowest BCUT2D eigenvalue weighted by Crippen LogP contribution is -2.11. The Labute approximate surface area is 163 Å². The Morgan fingerprint density at radius 2 is 1.63 bits per heavy atom. The molecule has 5 nitrogen and oxygen atoms in total. The van der Waals surface area contributed by atoms with Gasteiger partial charge in [-0.3, -0.25) is 4.79 Å². The van der Waals surface area contributed by atoms with Crippen LogP contribution in [0.15, 0.2) is 64.6 Å². The van der Waals surface area contributed by atoms with Gasteiger partial charge in [-0.15, -0.1) is 0 Å². The molecule has 1 heterocycles. The molecular formula is C21H21N3O2S. The second-order valence-corrected chi connectivity index (χ2v) is 7.01. The van der Waals surface area contributed by atoms with Gasteiger partial charge in [-0.25, -0.2) is 9.97 Å². The van der Waals surface area contributed by atoms with E-state index < -0.39 is 0 Å². The number of nitrogens with zero attached hydrogens (tertiary/aromatic N) is 2. The van der Waals surface area contributed by atoms with Gasteiger partial charge in [-0.1, -0.05) is 0 Å². The van der Waals surface area contributed by atoms with Crippen LogP contribution in [0, 0.1) is 13.8 Å². The highest BCUT2D eigenvalue weighted by Crippen LogP contribution is 2.26. The van der Waals surface area contributed by atoms with E-state index in [4.69, 9.17) is 4.74 Å². The van der Waals surface area contributed by atoms with Crippen molar-refractivity contribution < 1.29 is 9.53 Å². The molecule has 3 rings (SSSR count). The molecule has 0 atom stereocenters. The first kappa shape index (κ1) is 18.9. The van der Waals surface area contributed by atoms with Crippen LogP contribution < -0.4 is 10.1 Å². The summed E-state index contributed by atoms with van der Waals surface area (Å²) in [6.07, 6.45) is 0. The van der Waals surface area contributed by atoms with Crippen LogP contribution in [0.1, 0.15) is 28.7 Å². The summed E-state index contributed by atoms with van der Waals surface area (Å²) < 4.78 is 5.39. The van der Waals surface area contributed by atoms with Crippen LogP contribution >= 0.6 is 11.8 Å². The van der Waals surface area contributed by atoms with E-state index in [2.05, 4.69) is 15.3 Å². The molecule has 0 radical (unpaired) electrons. The fourth-order valence-corrected chi connectivity index (χ4v) is 3.39. The summed E-state index contributed by atoms with van der Waals surface area (Å²) in [4.78, 5) is 22.2. The highest BCUT2D eigenvalue weighted by Gasteiger charge is 2.07. The maximum atomic E-state index is 12.4. The zero-order valence-corrected chi connectivity index (χ0v) is 16.3. The van der Waals surface area contributed by atoms with Gasteiger partial charge in [0.2, 0.25) is 0 Å². The predicted octanol–water partition coefficient (Wildman–Crippen LogP) is 4.90. The first-order valence-electron chi connectivity index (χ1n) is 8.68. The van der Waals surface area contributed by atoms with Crippen LogP contribution in [0.3, 0.4) is 0 Å². The van der Waals surface area contributed by atoms with Crippen LogP contribution in [0.25, 0.3) is 0 Å². The minimum Gasteiger partial charge on any atom is -0.494 e. The molecule has 27 heavy (non-hydrogen) atoms. The lowest BCUT2D eigenvalue weighted by molar-refractivity contribution is 0.102. The van der Waals surface area contributed by atoms with E-state index in [0.717, 1.165) is 32.9 Å². The topological polar surface area (TPSA) is 64.1 Å². The third-order valence-corrected chi connectivity index (χ3v) is 4.58. The molecule has 0 bridgehead atoms. The molecule has 3 aromatic rings. The van der Waals surface area contributed by atoms with Crippen LogP contribution in [0.5, 0.6) is 5.75 Å². The Morgan fingerprint density at radius 1 is 1.00 bits per heavy atom. The van der Waals surface area contributed by atoms with Crippen LogP contribution in [-0.2, 0) is 0 Å². The van der Waals surface area contributed by atoms with Crippen LogP contribution in [0.4, 0.5) is 5.69 Å². The monoisotopic (exact) mass is 379 g/mol. The van der Waals surface area contributed by atoms with Gasteiger partial charge in [0.15, 0.2) is 5.16 Å². The highest BCUT2D eigenvalue weighted by atomic mass is 32.2. The van der Waals surface area contributed by atoms with Crippen LogP contribution in [-0.4, -0.2) is 22.5 Å². The first-order chi connectivity index (χ1) is 13.0. The Morgan fingerprint density at radius 3 is 2.22 bits per heavy atom. The average molecular weight is 379 g/mol. The predicted molar refractivity (Wildman–Crippen MR) is 108 cm³/mol. The van der Waals surface area contributed by atoms with Gasteiger partial charge in [-0.05, 0) is 87.1 Å². The third kappa shape index (κ3) is 5.31. The number of anilines is 1. The molecule has 2 aromatic carbocycles. The zero-order chi connectivity index (χ0) is 19.2. The highest BCUT2D eigenvalue weighted by molar-refractivity contribution is 7.99. The third-order valence-electron chi connectivity index (χ3n) is 3.71. The van der Waals surface area contributed by atoms with E-state index in [-0.39, 0.29) is 5.91 Å². The Balaban J connectivity index is 1.63. The van der Waals surface area contributed by atoms with Gasteiger partial charge in [0, 0.05) is 27.5 Å². The van der Waals surface area contributed by atoms with E-state index in [1.54, 1.807) is 24.3 Å². The maximum absolute atomic E-state index is 12.4. The smallest absolute Gasteiger partial charge is 0.255 e. The minimum atomic E-state index is -0.156. The van der Waals surface area contributed by atoms with Crippen molar-refractivity contribution in [3.05, 3.63) is 71.5 Å². The molecule has 6 heteroatoms. The van der Waals surface area contributed by atoms with Crippen molar-refractivity contribution in [3.63, 3.8) is 0 Å². The lowest BCUT2D eigenvalue weighted by atomic mass is 10.2. The van der Waals surface area contributed by atoms with Crippen molar-refractivity contribution in [2.75, 3.05) is 11.9 Å². The number of ether oxygens (including phenoxy) is 1.